The summed E-state index contributed by atoms with van der Waals surface area (Å²) in [5.41, 5.74) is 4.57. The van der Waals surface area contributed by atoms with Crippen LogP contribution < -0.4 is 10.9 Å². The molecule has 4 heterocycles. The zero-order valence-corrected chi connectivity index (χ0v) is 21.0. The number of aromatic amines is 1. The molecule has 0 aliphatic carbocycles. The van der Waals surface area contributed by atoms with Gasteiger partial charge in [-0.1, -0.05) is 30.3 Å². The Morgan fingerprint density at radius 1 is 1.08 bits per heavy atom. The number of aryl methyl sites for hydroxylation is 1. The van der Waals surface area contributed by atoms with E-state index in [2.05, 4.69) is 25.4 Å². The molecule has 0 unspecified atom stereocenters. The highest BCUT2D eigenvalue weighted by Crippen LogP contribution is 2.33. The molecule has 0 bridgehead atoms. The third-order valence-electron chi connectivity index (χ3n) is 6.63. The SMILES string of the molecule is Cc1cccc2nc([C@H](C)Nc3ncnc4[nH]cc(-c5cnn(CCO)c5)c34)n(-c3ccccc3)c(=O)c12. The Bertz CT molecular complexity index is 1820. The summed E-state index contributed by atoms with van der Waals surface area (Å²) >= 11 is 0. The van der Waals surface area contributed by atoms with Gasteiger partial charge in [-0.2, -0.15) is 5.10 Å². The molecule has 38 heavy (non-hydrogen) atoms. The van der Waals surface area contributed by atoms with E-state index in [0.717, 1.165) is 27.8 Å². The maximum absolute atomic E-state index is 13.8. The topological polar surface area (TPSA) is 127 Å². The number of aromatic nitrogens is 7. The van der Waals surface area contributed by atoms with E-state index in [0.29, 0.717) is 34.7 Å². The number of H-pyrrole nitrogens is 1. The van der Waals surface area contributed by atoms with Crippen molar-refractivity contribution in [1.29, 1.82) is 0 Å². The number of benzene rings is 2. The van der Waals surface area contributed by atoms with Crippen molar-refractivity contribution >= 4 is 27.8 Å². The van der Waals surface area contributed by atoms with Crippen LogP contribution in [-0.2, 0) is 6.54 Å². The minimum atomic E-state index is -0.384. The van der Waals surface area contributed by atoms with E-state index >= 15 is 0 Å². The number of aliphatic hydroxyl groups is 1. The predicted molar refractivity (Wildman–Crippen MR) is 146 cm³/mol. The summed E-state index contributed by atoms with van der Waals surface area (Å²) in [4.78, 5) is 30.9. The van der Waals surface area contributed by atoms with Gasteiger partial charge < -0.3 is 15.4 Å². The van der Waals surface area contributed by atoms with Crippen LogP contribution in [0, 0.1) is 6.92 Å². The van der Waals surface area contributed by atoms with Crippen molar-refractivity contribution < 1.29 is 5.11 Å². The van der Waals surface area contributed by atoms with Gasteiger partial charge in [0.15, 0.2) is 0 Å². The number of para-hydroxylation sites is 1. The lowest BCUT2D eigenvalue weighted by molar-refractivity contribution is 0.269. The zero-order valence-electron chi connectivity index (χ0n) is 21.0. The fourth-order valence-electron chi connectivity index (χ4n) is 4.83. The number of nitrogens with one attached hydrogen (secondary N) is 2. The van der Waals surface area contributed by atoms with Crippen LogP contribution in [-0.4, -0.2) is 46.0 Å². The lowest BCUT2D eigenvalue weighted by Crippen LogP contribution is -2.27. The molecule has 0 spiro atoms. The largest absolute Gasteiger partial charge is 0.394 e. The van der Waals surface area contributed by atoms with Crippen LogP contribution in [0.1, 0.15) is 24.4 Å². The first kappa shape index (κ1) is 23.6. The fraction of sp³-hybridized carbons (Fsp3) is 0.179. The molecule has 0 amide bonds. The molecule has 0 aliphatic rings. The molecule has 2 aromatic carbocycles. The van der Waals surface area contributed by atoms with Gasteiger partial charge >= 0.3 is 0 Å². The van der Waals surface area contributed by atoms with Crippen LogP contribution in [0.4, 0.5) is 5.82 Å². The van der Waals surface area contributed by atoms with E-state index in [9.17, 15) is 9.90 Å². The quantitative estimate of drug-likeness (QED) is 0.299. The second-order valence-electron chi connectivity index (χ2n) is 9.15. The third-order valence-corrected chi connectivity index (χ3v) is 6.63. The van der Waals surface area contributed by atoms with Crippen molar-refractivity contribution in [3.8, 4) is 16.8 Å². The monoisotopic (exact) mass is 506 g/mol. The van der Waals surface area contributed by atoms with Gasteiger partial charge in [0.2, 0.25) is 0 Å². The number of fused-ring (bicyclic) bond motifs is 2. The molecule has 10 nitrogen and oxygen atoms in total. The number of nitrogens with zero attached hydrogens (tertiary/aromatic N) is 6. The average molecular weight is 507 g/mol. The molecule has 10 heteroatoms. The van der Waals surface area contributed by atoms with Crippen LogP contribution in [0.2, 0.25) is 0 Å². The van der Waals surface area contributed by atoms with Crippen molar-refractivity contribution in [2.24, 2.45) is 0 Å². The Kier molecular flexibility index (Phi) is 5.93. The molecule has 0 fully saturated rings. The van der Waals surface area contributed by atoms with Crippen LogP contribution in [0.5, 0.6) is 0 Å². The number of hydrogen-bond acceptors (Lipinski definition) is 7. The summed E-state index contributed by atoms with van der Waals surface area (Å²) in [6.07, 6.45) is 6.98. The van der Waals surface area contributed by atoms with E-state index in [1.807, 2.05) is 74.8 Å². The Labute approximate surface area is 217 Å². The molecule has 6 aromatic rings. The molecule has 0 aliphatic heterocycles. The standard InChI is InChI=1S/C28H26N8O2/c1-17-7-6-10-22-23(17)28(38)36(20-8-4-3-5-9-20)27(34-22)18(2)33-26-24-21(14-29-25(24)30-16-31-26)19-13-32-35(15-19)11-12-37/h3-10,13-16,18,37H,11-12H2,1-2H3,(H2,29,30,31,33)/t18-/m0/s1. The Hall–Kier alpha value is -4.83. The molecular weight excluding hydrogens is 480 g/mol. The first-order valence-electron chi connectivity index (χ1n) is 12.3. The fourth-order valence-corrected chi connectivity index (χ4v) is 4.83. The maximum Gasteiger partial charge on any atom is 0.266 e. The van der Waals surface area contributed by atoms with E-state index in [4.69, 9.17) is 4.98 Å². The smallest absolute Gasteiger partial charge is 0.266 e. The summed E-state index contributed by atoms with van der Waals surface area (Å²) in [5.74, 6) is 1.17. The molecule has 190 valence electrons. The molecule has 4 aromatic heterocycles. The van der Waals surface area contributed by atoms with Crippen LogP contribution in [0.25, 0.3) is 38.8 Å². The van der Waals surface area contributed by atoms with Gasteiger partial charge in [0, 0.05) is 23.5 Å². The van der Waals surface area contributed by atoms with Crippen molar-refractivity contribution in [3.05, 3.63) is 95.2 Å². The summed E-state index contributed by atoms with van der Waals surface area (Å²) in [5, 5.41) is 18.5. The van der Waals surface area contributed by atoms with Crippen LogP contribution in [0.15, 0.2) is 78.2 Å². The van der Waals surface area contributed by atoms with Crippen molar-refractivity contribution in [2.75, 3.05) is 11.9 Å². The van der Waals surface area contributed by atoms with Gasteiger partial charge in [0.1, 0.15) is 23.6 Å². The first-order chi connectivity index (χ1) is 18.5. The summed E-state index contributed by atoms with van der Waals surface area (Å²) < 4.78 is 3.36. The highest BCUT2D eigenvalue weighted by atomic mass is 16.3. The highest BCUT2D eigenvalue weighted by Gasteiger charge is 2.21. The van der Waals surface area contributed by atoms with Crippen LogP contribution in [0.3, 0.4) is 0 Å². The number of anilines is 1. The van der Waals surface area contributed by atoms with Gasteiger partial charge in [-0.05, 0) is 37.6 Å². The second kappa shape index (κ2) is 9.56. The summed E-state index contributed by atoms with van der Waals surface area (Å²) in [6.45, 7) is 4.30. The lowest BCUT2D eigenvalue weighted by Gasteiger charge is -2.21. The highest BCUT2D eigenvalue weighted by molar-refractivity contribution is 6.00. The van der Waals surface area contributed by atoms with Gasteiger partial charge in [-0.3, -0.25) is 14.0 Å². The lowest BCUT2D eigenvalue weighted by atomic mass is 10.1. The van der Waals surface area contributed by atoms with Crippen molar-refractivity contribution in [2.45, 2.75) is 26.4 Å². The van der Waals surface area contributed by atoms with Gasteiger partial charge in [0.25, 0.3) is 5.56 Å². The molecule has 1 atom stereocenters. The maximum atomic E-state index is 13.8. The minimum absolute atomic E-state index is 0.00380. The van der Waals surface area contributed by atoms with Crippen LogP contribution >= 0.6 is 0 Å². The molecule has 0 saturated heterocycles. The predicted octanol–water partition coefficient (Wildman–Crippen LogP) is 3.99. The summed E-state index contributed by atoms with van der Waals surface area (Å²) in [7, 11) is 0. The van der Waals surface area contributed by atoms with Crippen molar-refractivity contribution in [1.82, 2.24) is 34.3 Å². The van der Waals surface area contributed by atoms with E-state index in [1.165, 1.54) is 6.33 Å². The molecule has 0 radical (unpaired) electrons. The molecule has 3 N–H and O–H groups in total. The number of hydrogen-bond donors (Lipinski definition) is 3. The zero-order chi connectivity index (χ0) is 26.2. The molecular formula is C28H26N8O2. The third kappa shape index (κ3) is 4.00. The molecule has 6 rings (SSSR count). The van der Waals surface area contributed by atoms with E-state index < -0.39 is 0 Å². The summed E-state index contributed by atoms with van der Waals surface area (Å²) in [6, 6.07) is 14.9. The van der Waals surface area contributed by atoms with E-state index in [1.54, 1.807) is 15.4 Å². The average Bonchev–Trinajstić information content (AvgIpc) is 3.57. The van der Waals surface area contributed by atoms with Gasteiger partial charge in [0.05, 0.1) is 47.4 Å². The normalized spacial score (nSPS) is 12.3. The minimum Gasteiger partial charge on any atom is -0.394 e. The van der Waals surface area contributed by atoms with Gasteiger partial charge in [-0.25, -0.2) is 15.0 Å². The van der Waals surface area contributed by atoms with Crippen molar-refractivity contribution in [3.63, 3.8) is 0 Å². The Morgan fingerprint density at radius 2 is 1.92 bits per heavy atom. The second-order valence-corrected chi connectivity index (χ2v) is 9.15. The first-order valence-corrected chi connectivity index (χ1v) is 12.3. The number of rotatable bonds is 7. The van der Waals surface area contributed by atoms with Gasteiger partial charge in [-0.15, -0.1) is 0 Å². The molecule has 0 saturated carbocycles. The Balaban J connectivity index is 1.48. The van der Waals surface area contributed by atoms with E-state index in [-0.39, 0.29) is 18.2 Å². The number of aliphatic hydroxyl groups excluding tert-OH is 1. The Morgan fingerprint density at radius 3 is 2.74 bits per heavy atom.